The number of ether oxygens (including phenoxy) is 1. The van der Waals surface area contributed by atoms with Crippen molar-refractivity contribution >= 4 is 11.9 Å². The third-order valence-electron chi connectivity index (χ3n) is 3.28. The fraction of sp³-hybridized carbons (Fsp3) is 0.133. The van der Waals surface area contributed by atoms with Crippen molar-refractivity contribution in [3.05, 3.63) is 59.0 Å². The van der Waals surface area contributed by atoms with Crippen LogP contribution in [0, 0.1) is 10.1 Å². The standard InChI is InChI=1S/C15H14N6O3/c16-14-17-6-5-12(19-14)11-3-1-2-4-13(11)24-10-9-20-8-7-18-15(20)21(22)23/h1-8H,9-10H2,(H2,16,17,19). The molecule has 0 radical (unpaired) electrons. The molecule has 24 heavy (non-hydrogen) atoms. The first-order valence-electron chi connectivity index (χ1n) is 7.11. The summed E-state index contributed by atoms with van der Waals surface area (Å²) in [6.45, 7) is 0.547. The van der Waals surface area contributed by atoms with Crippen molar-refractivity contribution in [3.8, 4) is 17.0 Å². The van der Waals surface area contributed by atoms with Gasteiger partial charge in [-0.3, -0.25) is 0 Å². The molecule has 0 amide bonds. The van der Waals surface area contributed by atoms with Crippen LogP contribution in [0.4, 0.5) is 11.9 Å². The number of imidazole rings is 1. The molecule has 0 saturated heterocycles. The van der Waals surface area contributed by atoms with Gasteiger partial charge < -0.3 is 20.6 Å². The van der Waals surface area contributed by atoms with Crippen LogP contribution >= 0.6 is 0 Å². The number of hydrogen-bond donors (Lipinski definition) is 1. The Balaban J connectivity index is 1.74. The minimum absolute atomic E-state index is 0.177. The predicted octanol–water partition coefficient (Wildman–Crippen LogP) is 1.91. The molecule has 0 spiro atoms. The Morgan fingerprint density at radius 2 is 2.04 bits per heavy atom. The molecule has 0 atom stereocenters. The maximum Gasteiger partial charge on any atom is 0.434 e. The van der Waals surface area contributed by atoms with Gasteiger partial charge in [-0.1, -0.05) is 17.1 Å². The highest BCUT2D eigenvalue weighted by atomic mass is 16.6. The van der Waals surface area contributed by atoms with E-state index in [1.807, 2.05) is 18.2 Å². The molecule has 0 aliphatic carbocycles. The number of nitrogens with zero attached hydrogens (tertiary/aromatic N) is 5. The van der Waals surface area contributed by atoms with Gasteiger partial charge in [-0.2, -0.15) is 0 Å². The summed E-state index contributed by atoms with van der Waals surface area (Å²) in [7, 11) is 0. The van der Waals surface area contributed by atoms with Gasteiger partial charge in [-0.05, 0) is 23.1 Å². The molecule has 9 nitrogen and oxygen atoms in total. The fourth-order valence-electron chi connectivity index (χ4n) is 2.23. The lowest BCUT2D eigenvalue weighted by Gasteiger charge is -2.11. The minimum Gasteiger partial charge on any atom is -0.490 e. The van der Waals surface area contributed by atoms with E-state index in [9.17, 15) is 10.1 Å². The maximum atomic E-state index is 10.8. The molecule has 3 aromatic rings. The average Bonchev–Trinajstić information content (AvgIpc) is 3.04. The summed E-state index contributed by atoms with van der Waals surface area (Å²) in [5, 5.41) is 10.8. The number of nitrogens with two attached hydrogens (primary N) is 1. The number of para-hydroxylation sites is 1. The molecule has 9 heteroatoms. The van der Waals surface area contributed by atoms with E-state index in [1.165, 1.54) is 10.8 Å². The van der Waals surface area contributed by atoms with E-state index in [-0.39, 0.29) is 18.5 Å². The second-order valence-corrected chi connectivity index (χ2v) is 4.82. The van der Waals surface area contributed by atoms with Crippen molar-refractivity contribution in [2.75, 3.05) is 12.3 Å². The lowest BCUT2D eigenvalue weighted by Crippen LogP contribution is -2.10. The van der Waals surface area contributed by atoms with Crippen molar-refractivity contribution in [1.29, 1.82) is 0 Å². The third-order valence-corrected chi connectivity index (χ3v) is 3.28. The summed E-state index contributed by atoms with van der Waals surface area (Å²) in [5.41, 5.74) is 7.03. The van der Waals surface area contributed by atoms with E-state index in [0.29, 0.717) is 18.0 Å². The number of nitro groups is 1. The van der Waals surface area contributed by atoms with Crippen LogP contribution in [0.25, 0.3) is 11.3 Å². The van der Waals surface area contributed by atoms with Crippen LogP contribution < -0.4 is 10.5 Å². The van der Waals surface area contributed by atoms with Crippen LogP contribution in [0.15, 0.2) is 48.9 Å². The van der Waals surface area contributed by atoms with Gasteiger partial charge >= 0.3 is 5.95 Å². The predicted molar refractivity (Wildman–Crippen MR) is 86.3 cm³/mol. The molecule has 3 rings (SSSR count). The molecular formula is C15H14N6O3. The average molecular weight is 326 g/mol. The van der Waals surface area contributed by atoms with E-state index in [2.05, 4.69) is 15.0 Å². The van der Waals surface area contributed by atoms with Gasteiger partial charge in [-0.25, -0.2) is 14.5 Å². The normalized spacial score (nSPS) is 10.5. The monoisotopic (exact) mass is 326 g/mol. The zero-order chi connectivity index (χ0) is 16.9. The Kier molecular flexibility index (Phi) is 4.32. The quantitative estimate of drug-likeness (QED) is 0.542. The summed E-state index contributed by atoms with van der Waals surface area (Å²) < 4.78 is 7.19. The van der Waals surface area contributed by atoms with Crippen LogP contribution in [0.5, 0.6) is 5.75 Å². The van der Waals surface area contributed by atoms with Gasteiger partial charge in [0.2, 0.25) is 5.95 Å². The van der Waals surface area contributed by atoms with Gasteiger partial charge in [0.15, 0.2) is 0 Å². The first-order valence-corrected chi connectivity index (χ1v) is 7.11. The Morgan fingerprint density at radius 3 is 2.83 bits per heavy atom. The van der Waals surface area contributed by atoms with Crippen LogP contribution in [0.2, 0.25) is 0 Å². The second kappa shape index (κ2) is 6.73. The number of nitrogen functional groups attached to an aromatic ring is 1. The molecule has 1 aromatic carbocycles. The first-order chi connectivity index (χ1) is 11.6. The largest absolute Gasteiger partial charge is 0.490 e. The van der Waals surface area contributed by atoms with Crippen molar-refractivity contribution in [2.45, 2.75) is 6.54 Å². The SMILES string of the molecule is Nc1nccc(-c2ccccc2OCCn2ccnc2[N+](=O)[O-])n1. The minimum atomic E-state index is -0.530. The van der Waals surface area contributed by atoms with Crippen molar-refractivity contribution in [3.63, 3.8) is 0 Å². The summed E-state index contributed by atoms with van der Waals surface area (Å²) >= 11 is 0. The highest BCUT2D eigenvalue weighted by Crippen LogP contribution is 2.28. The molecule has 0 aliphatic rings. The lowest BCUT2D eigenvalue weighted by molar-refractivity contribution is -0.396. The van der Waals surface area contributed by atoms with Crippen molar-refractivity contribution < 1.29 is 9.66 Å². The smallest absolute Gasteiger partial charge is 0.434 e. The highest BCUT2D eigenvalue weighted by molar-refractivity contribution is 5.67. The number of rotatable bonds is 6. The summed E-state index contributed by atoms with van der Waals surface area (Å²) in [6, 6.07) is 9.09. The molecular weight excluding hydrogens is 312 g/mol. The molecule has 0 aliphatic heterocycles. The number of aromatic nitrogens is 4. The Bertz CT molecular complexity index is 864. The van der Waals surface area contributed by atoms with Gasteiger partial charge in [0.25, 0.3) is 0 Å². The molecule has 2 N–H and O–H groups in total. The molecule has 2 heterocycles. The van der Waals surface area contributed by atoms with E-state index < -0.39 is 4.92 Å². The summed E-state index contributed by atoms with van der Waals surface area (Å²) in [4.78, 5) is 22.1. The Morgan fingerprint density at radius 1 is 1.21 bits per heavy atom. The second-order valence-electron chi connectivity index (χ2n) is 4.82. The number of hydrogen-bond acceptors (Lipinski definition) is 7. The lowest BCUT2D eigenvalue weighted by atomic mass is 10.1. The molecule has 0 fully saturated rings. The van der Waals surface area contributed by atoms with E-state index in [4.69, 9.17) is 10.5 Å². The summed E-state index contributed by atoms with van der Waals surface area (Å²) in [6.07, 6.45) is 4.50. The topological polar surface area (TPSA) is 122 Å². The Labute approximate surface area is 136 Å². The van der Waals surface area contributed by atoms with Crippen molar-refractivity contribution in [1.82, 2.24) is 19.5 Å². The van der Waals surface area contributed by atoms with Crippen LogP contribution in [0.1, 0.15) is 0 Å². The van der Waals surface area contributed by atoms with E-state index in [1.54, 1.807) is 24.5 Å². The Hall–Kier alpha value is -3.49. The maximum absolute atomic E-state index is 10.8. The van der Waals surface area contributed by atoms with Crippen LogP contribution in [-0.4, -0.2) is 31.0 Å². The van der Waals surface area contributed by atoms with Gasteiger partial charge in [0.1, 0.15) is 31.3 Å². The van der Waals surface area contributed by atoms with Gasteiger partial charge in [0, 0.05) is 11.8 Å². The molecule has 2 aromatic heterocycles. The van der Waals surface area contributed by atoms with E-state index in [0.717, 1.165) is 5.56 Å². The molecule has 0 unspecified atom stereocenters. The first kappa shape index (κ1) is 15.4. The third kappa shape index (κ3) is 3.29. The van der Waals surface area contributed by atoms with E-state index >= 15 is 0 Å². The zero-order valence-corrected chi connectivity index (χ0v) is 12.6. The van der Waals surface area contributed by atoms with Gasteiger partial charge in [0.05, 0.1) is 5.69 Å². The zero-order valence-electron chi connectivity index (χ0n) is 12.6. The number of anilines is 1. The van der Waals surface area contributed by atoms with Crippen LogP contribution in [-0.2, 0) is 6.54 Å². The molecule has 0 bridgehead atoms. The summed E-state index contributed by atoms with van der Waals surface area (Å²) in [5.74, 6) is 0.574. The molecule has 122 valence electrons. The highest BCUT2D eigenvalue weighted by Gasteiger charge is 2.14. The van der Waals surface area contributed by atoms with Crippen LogP contribution in [0.3, 0.4) is 0 Å². The fourth-order valence-corrected chi connectivity index (χ4v) is 2.23. The number of benzene rings is 1. The van der Waals surface area contributed by atoms with Gasteiger partial charge in [-0.15, -0.1) is 0 Å². The van der Waals surface area contributed by atoms with Crippen molar-refractivity contribution in [2.24, 2.45) is 0 Å². The molecule has 0 saturated carbocycles.